The van der Waals surface area contributed by atoms with Crippen molar-refractivity contribution in [2.75, 3.05) is 0 Å². The van der Waals surface area contributed by atoms with Crippen LogP contribution in [0.2, 0.25) is 0 Å². The van der Waals surface area contributed by atoms with Gasteiger partial charge in [-0.25, -0.2) is 22.8 Å². The van der Waals surface area contributed by atoms with Crippen LogP contribution in [0.5, 0.6) is 0 Å². The molecule has 0 aliphatic carbocycles. The molecule has 0 spiro atoms. The number of hydrogen-bond donors (Lipinski definition) is 0. The fraction of sp³-hybridized carbons (Fsp3) is 0.380. The lowest BCUT2D eigenvalue weighted by atomic mass is 9.80. The van der Waals surface area contributed by atoms with E-state index in [1.165, 1.54) is 16.7 Å². The van der Waals surface area contributed by atoms with Gasteiger partial charge in [0.25, 0.3) is 0 Å². The van der Waals surface area contributed by atoms with Gasteiger partial charge in [-0.2, -0.15) is 0 Å². The van der Waals surface area contributed by atoms with E-state index in [0.29, 0.717) is 38.9 Å². The lowest BCUT2D eigenvalue weighted by Gasteiger charge is -2.24. The first-order valence-corrected chi connectivity index (χ1v) is 50.4. The molecule has 142 heavy (non-hydrogen) atoms. The van der Waals surface area contributed by atoms with Crippen LogP contribution in [-0.2, 0) is 84.9 Å². The minimum Gasteiger partial charge on any atom is -0.201 e. The Hall–Kier alpha value is -12.1. The first-order valence-electron chi connectivity index (χ1n) is 58.9. The second-order valence-corrected chi connectivity index (χ2v) is 48.5. The van der Waals surface area contributed by atoms with Crippen molar-refractivity contribution in [1.29, 1.82) is 0 Å². The molecule has 15 aromatic rings. The van der Waals surface area contributed by atoms with E-state index >= 15 is 0 Å². The van der Waals surface area contributed by atoms with Gasteiger partial charge in [-0.05, 0) is 324 Å². The molecule has 0 atom stereocenters. The zero-order valence-electron chi connectivity index (χ0n) is 110. The van der Waals surface area contributed by atoms with E-state index in [0.717, 1.165) is 162 Å². The van der Waals surface area contributed by atoms with Crippen LogP contribution < -0.4 is 22.8 Å². The van der Waals surface area contributed by atoms with Crippen molar-refractivity contribution in [3.63, 3.8) is 0 Å². The second-order valence-electron chi connectivity index (χ2n) is 48.5. The molecule has 0 fully saturated rings. The highest BCUT2D eigenvalue weighted by Gasteiger charge is 2.32. The van der Waals surface area contributed by atoms with Gasteiger partial charge in [0, 0.05) is 110 Å². The number of nitrogens with zero attached hydrogens (tertiary/aromatic N) is 5. The molecule has 5 heteroatoms. The Labute approximate surface area is 884 Å². The predicted octanol–water partition coefficient (Wildman–Crippen LogP) is 34.3. The number of hydrogen-bond acceptors (Lipinski definition) is 0. The molecule has 0 unspecified atom stereocenters. The SMILES string of the molecule is [2H]C([2H])([2H])c1cc(C)c(-c2ccc(C(C)(C)C)c[n+]2C)cc1-c1ccccc1C(C)(C)C.[2H]C([2H])([2H])c1cc(C)c(-c2ccc(C(C)(C)C)c[n+]2C)cc1-c1ccccc1C(C)(C)C.[2H]C([2H])([2H])c1cc(C)c(-c2ccc(C(C)(C)C)c[n+]2C)cc1-c1ccccc1C(C)(C)C.[2H]C([2H])([2H])c1cc(C)c(-c2ccc(C([2H])([2H])C(C)(C)C)c[n+]2C)cc1-c1ccccc1C(C)(C)C.[2H]C([2H])([2H])c1cc(C)c(-c2cccc[n+]2C)cc1-c1ccccc1C(C)(C)C. The van der Waals surface area contributed by atoms with Crippen molar-refractivity contribution < 1.29 is 46.1 Å². The molecule has 0 radical (unpaired) electrons. The van der Waals surface area contributed by atoms with Crippen LogP contribution in [0.4, 0.5) is 0 Å². The van der Waals surface area contributed by atoms with Crippen LogP contribution in [0, 0.1) is 74.3 Å². The minimum atomic E-state index is -2.25. The molecule has 0 aliphatic rings. The highest BCUT2D eigenvalue weighted by Crippen LogP contribution is 2.46. The molecule has 0 bridgehead atoms. The molecule has 0 aliphatic heterocycles. The Morgan fingerprint density at radius 1 is 0.197 bits per heavy atom. The standard InChI is InChI=1S/C29H38N.3C28H36N.C24H28N/c1-20-16-21(2)25(27-15-14-22(19-30(27)9)18-28(3,4)5)17-24(20)23-12-10-11-13-26(23)29(6,7)8;3*1-19-16-20(2)24(26-15-14-21(18-29(26)9)27(3,4)5)17-23(19)22-12-10-11-13-25(22)28(6,7)8;1-17-15-18(2)21(23-13-9-10-14-25(23)6)16-20(17)19-11-7-8-12-22(19)24(3,4)5/h10-17,19H,18H2,1-9H3;3*10-18H,1-9H3;7-16H,1-6H3/q5*+1/i1D3,18D2;4*1D3. The topological polar surface area (TPSA) is 19.4 Å². The monoisotopic (exact) mass is 1910 g/mol. The Balaban J connectivity index is 0.000000187. The largest absolute Gasteiger partial charge is 0.212 e. The van der Waals surface area contributed by atoms with E-state index < -0.39 is 46.0 Å². The van der Waals surface area contributed by atoms with Crippen LogP contribution in [0.1, 0.15) is 316 Å². The Bertz CT molecular complexity index is 7370. The van der Waals surface area contributed by atoms with Gasteiger partial charge in [-0.3, -0.25) is 0 Å². The maximum Gasteiger partial charge on any atom is 0.212 e. The number of pyridine rings is 5. The maximum atomic E-state index is 8.65. The van der Waals surface area contributed by atoms with Gasteiger partial charge in [0.1, 0.15) is 35.2 Å². The first-order chi connectivity index (χ1) is 72.7. The molecular weight excluding hydrogens is 1720 g/mol. The summed E-state index contributed by atoms with van der Waals surface area (Å²) in [5, 5.41) is 0. The van der Waals surface area contributed by atoms with E-state index in [4.69, 9.17) is 23.3 Å². The third kappa shape index (κ3) is 26.5. The second kappa shape index (κ2) is 43.2. The molecule has 0 N–H and O–H groups in total. The normalized spacial score (nSPS) is 14.5. The lowest BCUT2D eigenvalue weighted by Crippen LogP contribution is -2.33. The fourth-order valence-corrected chi connectivity index (χ4v) is 19.1. The summed E-state index contributed by atoms with van der Waals surface area (Å²) in [6.45, 7) is 56.9. The zero-order chi connectivity index (χ0) is 119. The summed E-state index contributed by atoms with van der Waals surface area (Å²) in [5.74, 6) is 0. The van der Waals surface area contributed by atoms with Gasteiger partial charge >= 0.3 is 0 Å². The molecule has 0 saturated carbocycles. The third-order valence-electron chi connectivity index (χ3n) is 27.0. The van der Waals surface area contributed by atoms with Gasteiger partial charge in [-0.15, -0.1) is 0 Å². The van der Waals surface area contributed by atoms with Crippen LogP contribution >= 0.6 is 0 Å². The molecular formula is C137H174N5+5. The number of rotatable bonds is 11. The first kappa shape index (κ1) is 87.7. The quantitative estimate of drug-likeness (QED) is 0.115. The van der Waals surface area contributed by atoms with Gasteiger partial charge < -0.3 is 0 Å². The van der Waals surface area contributed by atoms with E-state index in [9.17, 15) is 0 Å². The molecule has 5 aromatic heterocycles. The minimum absolute atomic E-state index is 0.0628. The van der Waals surface area contributed by atoms with Gasteiger partial charge in [0.2, 0.25) is 28.5 Å². The van der Waals surface area contributed by atoms with Crippen LogP contribution in [0.3, 0.4) is 0 Å². The highest BCUT2D eigenvalue weighted by molar-refractivity contribution is 5.84. The number of aromatic nitrogens is 5. The van der Waals surface area contributed by atoms with Gasteiger partial charge in [0.05, 0.1) is 0 Å². The van der Waals surface area contributed by atoms with Crippen molar-refractivity contribution in [2.45, 2.75) is 306 Å². The average molecular weight is 1910 g/mol. The lowest BCUT2D eigenvalue weighted by molar-refractivity contribution is -0.661. The van der Waals surface area contributed by atoms with E-state index in [1.807, 2.05) is 232 Å². The van der Waals surface area contributed by atoms with Crippen molar-refractivity contribution >= 4 is 0 Å². The third-order valence-corrected chi connectivity index (χ3v) is 27.0. The summed E-state index contributed by atoms with van der Waals surface area (Å²) in [7, 11) is 10.1. The molecule has 5 nitrogen and oxygen atoms in total. The summed E-state index contributed by atoms with van der Waals surface area (Å²) < 4.78 is 151. The average Bonchev–Trinajstić information content (AvgIpc) is 0.770. The Morgan fingerprint density at radius 2 is 0.401 bits per heavy atom. The molecule has 15 rings (SSSR count). The van der Waals surface area contributed by atoms with E-state index in [1.54, 1.807) is 6.07 Å². The molecule has 0 saturated heterocycles. The Kier molecular flexibility index (Phi) is 26.7. The van der Waals surface area contributed by atoms with Crippen LogP contribution in [0.15, 0.2) is 280 Å². The molecule has 10 aromatic carbocycles. The van der Waals surface area contributed by atoms with Gasteiger partial charge in [0.15, 0.2) is 31.0 Å². The van der Waals surface area contributed by atoms with Crippen molar-refractivity contribution in [2.24, 2.45) is 40.7 Å². The zero-order valence-corrected chi connectivity index (χ0v) is 92.8. The number of benzene rings is 10. The van der Waals surface area contributed by atoms with Crippen molar-refractivity contribution in [3.05, 3.63) is 385 Å². The van der Waals surface area contributed by atoms with Gasteiger partial charge in [-0.1, -0.05) is 339 Å². The predicted molar refractivity (Wildman–Crippen MR) is 613 cm³/mol. The smallest absolute Gasteiger partial charge is 0.201 e. The molecule has 0 amide bonds. The maximum absolute atomic E-state index is 8.65. The summed E-state index contributed by atoms with van der Waals surface area (Å²) in [4.78, 5) is 0. The van der Waals surface area contributed by atoms with Crippen LogP contribution in [0.25, 0.3) is 112 Å². The highest BCUT2D eigenvalue weighted by atomic mass is 14.9. The van der Waals surface area contributed by atoms with Crippen molar-refractivity contribution in [3.8, 4) is 112 Å². The molecule has 5 heterocycles. The fourth-order valence-electron chi connectivity index (χ4n) is 19.1. The van der Waals surface area contributed by atoms with Crippen LogP contribution in [-0.4, -0.2) is 0 Å². The number of aryl methyl sites for hydroxylation is 15. The molecule has 742 valence electrons. The Morgan fingerprint density at radius 3 is 0.592 bits per heavy atom. The summed E-state index contributed by atoms with van der Waals surface area (Å²) in [5.41, 5.74) is 34.9. The van der Waals surface area contributed by atoms with E-state index in [2.05, 4.69) is 321 Å². The van der Waals surface area contributed by atoms with Crippen molar-refractivity contribution in [1.82, 2.24) is 0 Å². The summed E-state index contributed by atoms with van der Waals surface area (Å²) >= 11 is 0. The van der Waals surface area contributed by atoms with E-state index in [-0.39, 0.29) is 43.3 Å². The summed E-state index contributed by atoms with van der Waals surface area (Å²) in [6, 6.07) is 83.0. The summed E-state index contributed by atoms with van der Waals surface area (Å²) in [6.07, 6.45) is 8.88.